The van der Waals surface area contributed by atoms with Gasteiger partial charge in [-0.15, -0.1) is 0 Å². The normalized spacial score (nSPS) is 10.2. The molecule has 21 heavy (non-hydrogen) atoms. The van der Waals surface area contributed by atoms with Crippen molar-refractivity contribution in [2.75, 3.05) is 5.73 Å². The molecule has 0 radical (unpaired) electrons. The van der Waals surface area contributed by atoms with Crippen LogP contribution in [0.5, 0.6) is 11.5 Å². The molecule has 1 amide bonds. The van der Waals surface area contributed by atoms with Gasteiger partial charge in [0.15, 0.2) is 0 Å². The molecule has 0 aliphatic carbocycles. The number of hydrogen-bond acceptors (Lipinski definition) is 3. The number of halogens is 2. The maximum atomic E-state index is 13.2. The molecule has 0 aliphatic heterocycles. The van der Waals surface area contributed by atoms with E-state index in [0.717, 1.165) is 0 Å². The Bertz CT molecular complexity index is 659. The SMILES string of the molecule is Nc1ccc(Oc2cc(F)cc(Cl)c2)cc1CNC(=O)O. The fourth-order valence-electron chi connectivity index (χ4n) is 1.69. The molecule has 110 valence electrons. The molecule has 0 fully saturated rings. The maximum Gasteiger partial charge on any atom is 0.404 e. The van der Waals surface area contributed by atoms with E-state index in [2.05, 4.69) is 5.32 Å². The van der Waals surface area contributed by atoms with E-state index in [9.17, 15) is 9.18 Å². The van der Waals surface area contributed by atoms with Gasteiger partial charge in [0.05, 0.1) is 0 Å². The van der Waals surface area contributed by atoms with Gasteiger partial charge in [-0.2, -0.15) is 0 Å². The molecule has 5 nitrogen and oxygen atoms in total. The third-order valence-corrected chi connectivity index (χ3v) is 2.83. The first kappa shape index (κ1) is 14.9. The molecular formula is C14H12ClFN2O3. The van der Waals surface area contributed by atoms with E-state index in [4.69, 9.17) is 27.2 Å². The van der Waals surface area contributed by atoms with E-state index in [1.165, 1.54) is 18.2 Å². The predicted molar refractivity (Wildman–Crippen MR) is 77.2 cm³/mol. The Morgan fingerprint density at radius 3 is 2.71 bits per heavy atom. The van der Waals surface area contributed by atoms with Gasteiger partial charge < -0.3 is 20.9 Å². The lowest BCUT2D eigenvalue weighted by molar-refractivity contribution is 0.194. The second-order valence-corrected chi connectivity index (χ2v) is 4.66. The van der Waals surface area contributed by atoms with Crippen molar-refractivity contribution >= 4 is 23.4 Å². The Balaban J connectivity index is 2.20. The Morgan fingerprint density at radius 2 is 2.05 bits per heavy atom. The third kappa shape index (κ3) is 4.25. The Hall–Kier alpha value is -2.47. The number of hydrogen-bond donors (Lipinski definition) is 3. The predicted octanol–water partition coefficient (Wildman–Crippen LogP) is 3.62. The minimum absolute atomic E-state index is 0.0439. The summed E-state index contributed by atoms with van der Waals surface area (Å²) in [5, 5.41) is 11.0. The van der Waals surface area contributed by atoms with Gasteiger partial charge in [0.1, 0.15) is 17.3 Å². The van der Waals surface area contributed by atoms with Crippen LogP contribution in [0.3, 0.4) is 0 Å². The van der Waals surface area contributed by atoms with Crippen molar-refractivity contribution in [2.45, 2.75) is 6.54 Å². The van der Waals surface area contributed by atoms with Gasteiger partial charge in [-0.1, -0.05) is 11.6 Å². The molecule has 0 saturated carbocycles. The monoisotopic (exact) mass is 310 g/mol. The van der Waals surface area contributed by atoms with Crippen LogP contribution in [0.2, 0.25) is 5.02 Å². The third-order valence-electron chi connectivity index (χ3n) is 2.62. The van der Waals surface area contributed by atoms with Crippen LogP contribution in [0.4, 0.5) is 14.9 Å². The van der Waals surface area contributed by atoms with Gasteiger partial charge in [0.2, 0.25) is 0 Å². The fraction of sp³-hybridized carbons (Fsp3) is 0.0714. The number of ether oxygens (including phenoxy) is 1. The molecule has 2 rings (SSSR count). The number of rotatable bonds is 4. The molecule has 0 aliphatic rings. The van der Waals surface area contributed by atoms with Gasteiger partial charge >= 0.3 is 6.09 Å². The second-order valence-electron chi connectivity index (χ2n) is 4.23. The first-order valence-electron chi connectivity index (χ1n) is 5.93. The number of amides is 1. The summed E-state index contributed by atoms with van der Waals surface area (Å²) in [5.74, 6) is 0.121. The summed E-state index contributed by atoms with van der Waals surface area (Å²) >= 11 is 5.74. The highest BCUT2D eigenvalue weighted by atomic mass is 35.5. The molecule has 7 heteroatoms. The summed E-state index contributed by atoms with van der Waals surface area (Å²) < 4.78 is 18.7. The second kappa shape index (κ2) is 6.32. The summed E-state index contributed by atoms with van der Waals surface area (Å²) in [6.07, 6.45) is -1.15. The average molecular weight is 311 g/mol. The van der Waals surface area contributed by atoms with Crippen LogP contribution < -0.4 is 15.8 Å². The van der Waals surface area contributed by atoms with Crippen molar-refractivity contribution in [1.82, 2.24) is 5.32 Å². The summed E-state index contributed by atoms with van der Waals surface area (Å²) in [7, 11) is 0. The van der Waals surface area contributed by atoms with Gasteiger partial charge in [-0.3, -0.25) is 0 Å². The quantitative estimate of drug-likeness (QED) is 0.753. The van der Waals surface area contributed by atoms with Crippen molar-refractivity contribution in [2.24, 2.45) is 0 Å². The highest BCUT2D eigenvalue weighted by Gasteiger charge is 2.06. The molecule has 0 heterocycles. The summed E-state index contributed by atoms with van der Waals surface area (Å²) in [6, 6.07) is 8.57. The van der Waals surface area contributed by atoms with E-state index >= 15 is 0 Å². The molecule has 4 N–H and O–H groups in total. The van der Waals surface area contributed by atoms with Gasteiger partial charge in [-0.25, -0.2) is 9.18 Å². The lowest BCUT2D eigenvalue weighted by Gasteiger charge is -2.10. The van der Waals surface area contributed by atoms with Crippen molar-refractivity contribution in [3.63, 3.8) is 0 Å². The minimum Gasteiger partial charge on any atom is -0.465 e. The smallest absolute Gasteiger partial charge is 0.404 e. The van der Waals surface area contributed by atoms with Crippen LogP contribution in [-0.2, 0) is 6.54 Å². The van der Waals surface area contributed by atoms with Crippen LogP contribution in [0.15, 0.2) is 36.4 Å². The molecule has 0 aromatic heterocycles. The summed E-state index contributed by atoms with van der Waals surface area (Å²) in [6.45, 7) is 0.0439. The zero-order valence-corrected chi connectivity index (χ0v) is 11.5. The minimum atomic E-state index is -1.15. The number of nitrogen functional groups attached to an aromatic ring is 1. The summed E-state index contributed by atoms with van der Waals surface area (Å²) in [4.78, 5) is 10.5. The van der Waals surface area contributed by atoms with Gasteiger partial charge in [0, 0.05) is 23.3 Å². The van der Waals surface area contributed by atoms with Crippen LogP contribution >= 0.6 is 11.6 Å². The first-order chi connectivity index (χ1) is 9.94. The Morgan fingerprint density at radius 1 is 1.29 bits per heavy atom. The highest BCUT2D eigenvalue weighted by Crippen LogP contribution is 2.28. The number of benzene rings is 2. The molecule has 0 spiro atoms. The maximum absolute atomic E-state index is 13.2. The molecule has 0 unspecified atom stereocenters. The van der Waals surface area contributed by atoms with Gasteiger partial charge in [0.25, 0.3) is 0 Å². The van der Waals surface area contributed by atoms with Crippen LogP contribution in [-0.4, -0.2) is 11.2 Å². The zero-order chi connectivity index (χ0) is 15.4. The van der Waals surface area contributed by atoms with Crippen molar-refractivity contribution in [3.05, 3.63) is 52.8 Å². The number of carbonyl (C=O) groups is 1. The molecular weight excluding hydrogens is 299 g/mol. The van der Waals surface area contributed by atoms with E-state index < -0.39 is 11.9 Å². The number of nitrogens with two attached hydrogens (primary N) is 1. The van der Waals surface area contributed by atoms with Crippen molar-refractivity contribution in [1.29, 1.82) is 0 Å². The van der Waals surface area contributed by atoms with Crippen LogP contribution in [0.25, 0.3) is 0 Å². The zero-order valence-electron chi connectivity index (χ0n) is 10.8. The van der Waals surface area contributed by atoms with E-state index in [1.54, 1.807) is 18.2 Å². The first-order valence-corrected chi connectivity index (χ1v) is 6.31. The number of anilines is 1. The molecule has 0 bridgehead atoms. The standard InChI is InChI=1S/C14H12ClFN2O3/c15-9-4-10(16)6-12(5-9)21-11-1-2-13(17)8(3-11)7-18-14(19)20/h1-6,18H,7,17H2,(H,19,20). The van der Waals surface area contributed by atoms with Crippen molar-refractivity contribution in [3.8, 4) is 11.5 Å². The Kier molecular flexibility index (Phi) is 4.49. The lowest BCUT2D eigenvalue weighted by Crippen LogP contribution is -2.20. The van der Waals surface area contributed by atoms with Crippen LogP contribution in [0.1, 0.15) is 5.56 Å². The molecule has 2 aromatic rings. The number of nitrogens with one attached hydrogen (secondary N) is 1. The van der Waals surface area contributed by atoms with E-state index in [-0.39, 0.29) is 17.3 Å². The fourth-order valence-corrected chi connectivity index (χ4v) is 1.90. The lowest BCUT2D eigenvalue weighted by atomic mass is 10.1. The number of carboxylic acid groups (broad SMARTS) is 1. The van der Waals surface area contributed by atoms with Crippen molar-refractivity contribution < 1.29 is 19.0 Å². The Labute approximate surface area is 125 Å². The molecule has 0 atom stereocenters. The van der Waals surface area contributed by atoms with Gasteiger partial charge in [-0.05, 0) is 35.9 Å². The summed E-state index contributed by atoms with van der Waals surface area (Å²) in [5.41, 5.74) is 6.73. The van der Waals surface area contributed by atoms with Crippen LogP contribution in [0, 0.1) is 5.82 Å². The van der Waals surface area contributed by atoms with E-state index in [1.807, 2.05) is 0 Å². The molecule has 2 aromatic carbocycles. The van der Waals surface area contributed by atoms with E-state index in [0.29, 0.717) is 17.0 Å². The largest absolute Gasteiger partial charge is 0.465 e. The topological polar surface area (TPSA) is 84.6 Å². The highest BCUT2D eigenvalue weighted by molar-refractivity contribution is 6.30. The average Bonchev–Trinajstić information content (AvgIpc) is 2.38. The molecule has 0 saturated heterocycles.